The molecule has 0 aliphatic carbocycles. The Morgan fingerprint density at radius 1 is 0.957 bits per heavy atom. The Labute approximate surface area is 140 Å². The van der Waals surface area contributed by atoms with Crippen molar-refractivity contribution in [3.63, 3.8) is 0 Å². The van der Waals surface area contributed by atoms with E-state index in [9.17, 15) is 9.90 Å². The van der Waals surface area contributed by atoms with Gasteiger partial charge >= 0.3 is 5.97 Å². The summed E-state index contributed by atoms with van der Waals surface area (Å²) in [4.78, 5) is 10.3. The summed E-state index contributed by atoms with van der Waals surface area (Å²) < 4.78 is 0. The van der Waals surface area contributed by atoms with Crippen molar-refractivity contribution in [1.82, 2.24) is 0 Å². The van der Waals surface area contributed by atoms with Gasteiger partial charge in [-0.1, -0.05) is 67.7 Å². The SMILES string of the molecule is CC/C=C\C/C=C\C/C=C\CC(O)/C=C/C=C\CCCC(=O)O. The molecule has 0 aromatic carbocycles. The van der Waals surface area contributed by atoms with Crippen molar-refractivity contribution >= 4 is 5.97 Å². The summed E-state index contributed by atoms with van der Waals surface area (Å²) in [6, 6.07) is 0. The molecule has 0 aliphatic heterocycles. The molecule has 0 aliphatic rings. The van der Waals surface area contributed by atoms with Crippen LogP contribution in [0.2, 0.25) is 0 Å². The average Bonchev–Trinajstić information content (AvgIpc) is 2.52. The molecule has 0 fully saturated rings. The number of hydrogen-bond donors (Lipinski definition) is 2. The highest BCUT2D eigenvalue weighted by atomic mass is 16.4. The van der Waals surface area contributed by atoms with Gasteiger partial charge in [0.1, 0.15) is 0 Å². The Balaban J connectivity index is 3.68. The standard InChI is InChI=1S/C20H30O3/c1-2-3-4-5-6-7-8-10-13-16-19(21)17-14-11-9-12-15-18-20(22)23/h3-4,6-7,9-11,13-14,17,19,21H,2,5,8,12,15-16,18H2,1H3,(H,22,23)/b4-3-,7-6-,11-9-,13-10-,17-14+. The number of carboxylic acids is 1. The van der Waals surface area contributed by atoms with Crippen LogP contribution in [0.15, 0.2) is 60.8 Å². The third-order valence-electron chi connectivity index (χ3n) is 3.00. The van der Waals surface area contributed by atoms with Crippen LogP contribution in [0.3, 0.4) is 0 Å². The summed E-state index contributed by atoms with van der Waals surface area (Å²) in [5.41, 5.74) is 0. The summed E-state index contributed by atoms with van der Waals surface area (Å²) >= 11 is 0. The topological polar surface area (TPSA) is 57.5 Å². The van der Waals surface area contributed by atoms with E-state index in [1.807, 2.05) is 18.2 Å². The van der Waals surface area contributed by atoms with Crippen LogP contribution < -0.4 is 0 Å². The highest BCUT2D eigenvalue weighted by molar-refractivity contribution is 5.66. The summed E-state index contributed by atoms with van der Waals surface area (Å²) in [5, 5.41) is 18.2. The summed E-state index contributed by atoms with van der Waals surface area (Å²) in [6.07, 6.45) is 24.6. The van der Waals surface area contributed by atoms with E-state index in [0.717, 1.165) is 25.7 Å². The highest BCUT2D eigenvalue weighted by Crippen LogP contribution is 2.00. The van der Waals surface area contributed by atoms with Gasteiger partial charge in [0, 0.05) is 6.42 Å². The molecular formula is C20H30O3. The maximum absolute atomic E-state index is 10.3. The molecule has 0 rings (SSSR count). The molecule has 1 atom stereocenters. The smallest absolute Gasteiger partial charge is 0.303 e. The predicted molar refractivity (Wildman–Crippen MR) is 97.3 cm³/mol. The van der Waals surface area contributed by atoms with Gasteiger partial charge in [0.2, 0.25) is 0 Å². The second kappa shape index (κ2) is 16.5. The molecule has 3 heteroatoms. The van der Waals surface area contributed by atoms with E-state index in [-0.39, 0.29) is 6.42 Å². The first kappa shape index (κ1) is 21.1. The van der Waals surface area contributed by atoms with E-state index in [0.29, 0.717) is 12.8 Å². The third-order valence-corrected chi connectivity index (χ3v) is 3.00. The van der Waals surface area contributed by atoms with Crippen molar-refractivity contribution in [2.45, 2.75) is 58.0 Å². The normalized spacial score (nSPS) is 14.2. The second-order valence-electron chi connectivity index (χ2n) is 5.20. The van der Waals surface area contributed by atoms with Crippen LogP contribution in [0.4, 0.5) is 0 Å². The van der Waals surface area contributed by atoms with Gasteiger partial charge in [0.15, 0.2) is 0 Å². The van der Waals surface area contributed by atoms with Crippen LogP contribution in [-0.2, 0) is 4.79 Å². The van der Waals surface area contributed by atoms with Crippen molar-refractivity contribution in [3.8, 4) is 0 Å². The van der Waals surface area contributed by atoms with Gasteiger partial charge in [-0.15, -0.1) is 0 Å². The fourth-order valence-electron chi connectivity index (χ4n) is 1.76. The van der Waals surface area contributed by atoms with Gasteiger partial charge in [-0.05, 0) is 38.5 Å². The number of carboxylic acid groups (broad SMARTS) is 1. The number of rotatable bonds is 13. The van der Waals surface area contributed by atoms with Crippen LogP contribution in [0.1, 0.15) is 51.9 Å². The molecule has 0 spiro atoms. The molecule has 128 valence electrons. The minimum absolute atomic E-state index is 0.199. The molecule has 0 bridgehead atoms. The van der Waals surface area contributed by atoms with Gasteiger partial charge in [0.25, 0.3) is 0 Å². The summed E-state index contributed by atoms with van der Waals surface area (Å²) in [6.45, 7) is 2.12. The zero-order valence-electron chi connectivity index (χ0n) is 14.1. The van der Waals surface area contributed by atoms with Crippen molar-refractivity contribution < 1.29 is 15.0 Å². The Morgan fingerprint density at radius 3 is 2.26 bits per heavy atom. The third kappa shape index (κ3) is 18.1. The number of unbranched alkanes of at least 4 members (excludes halogenated alkanes) is 1. The molecule has 0 amide bonds. The Kier molecular flexibility index (Phi) is 15.2. The van der Waals surface area contributed by atoms with Crippen molar-refractivity contribution in [2.24, 2.45) is 0 Å². The first-order valence-electron chi connectivity index (χ1n) is 8.35. The number of aliphatic hydroxyl groups is 1. The zero-order chi connectivity index (χ0) is 17.2. The van der Waals surface area contributed by atoms with E-state index in [1.165, 1.54) is 0 Å². The van der Waals surface area contributed by atoms with Crippen LogP contribution in [-0.4, -0.2) is 22.3 Å². The molecule has 3 nitrogen and oxygen atoms in total. The lowest BCUT2D eigenvalue weighted by Crippen LogP contribution is -1.98. The van der Waals surface area contributed by atoms with Crippen molar-refractivity contribution in [3.05, 3.63) is 60.8 Å². The van der Waals surface area contributed by atoms with Crippen LogP contribution in [0.5, 0.6) is 0 Å². The lowest BCUT2D eigenvalue weighted by molar-refractivity contribution is -0.137. The van der Waals surface area contributed by atoms with E-state index in [2.05, 4.69) is 37.3 Å². The van der Waals surface area contributed by atoms with Gasteiger partial charge in [-0.3, -0.25) is 4.79 Å². The molecule has 0 saturated carbocycles. The van der Waals surface area contributed by atoms with E-state index >= 15 is 0 Å². The van der Waals surface area contributed by atoms with Crippen LogP contribution >= 0.6 is 0 Å². The number of hydrogen-bond acceptors (Lipinski definition) is 2. The molecule has 1 unspecified atom stereocenters. The molecule has 0 radical (unpaired) electrons. The predicted octanol–water partition coefficient (Wildman–Crippen LogP) is 4.96. The highest BCUT2D eigenvalue weighted by Gasteiger charge is 1.94. The number of aliphatic carboxylic acids is 1. The van der Waals surface area contributed by atoms with Gasteiger partial charge in [-0.25, -0.2) is 0 Å². The summed E-state index contributed by atoms with van der Waals surface area (Å²) in [5.74, 6) is -0.761. The van der Waals surface area contributed by atoms with Crippen molar-refractivity contribution in [2.75, 3.05) is 0 Å². The fourth-order valence-corrected chi connectivity index (χ4v) is 1.76. The quantitative estimate of drug-likeness (QED) is 0.286. The van der Waals surface area contributed by atoms with Gasteiger partial charge in [-0.2, -0.15) is 0 Å². The van der Waals surface area contributed by atoms with E-state index in [1.54, 1.807) is 12.2 Å². The monoisotopic (exact) mass is 318 g/mol. The first-order valence-corrected chi connectivity index (χ1v) is 8.35. The maximum Gasteiger partial charge on any atom is 0.303 e. The molecule has 0 heterocycles. The minimum atomic E-state index is -0.761. The summed E-state index contributed by atoms with van der Waals surface area (Å²) in [7, 11) is 0. The number of allylic oxidation sites excluding steroid dienone is 8. The molecule has 0 aromatic rings. The molecule has 0 saturated heterocycles. The van der Waals surface area contributed by atoms with E-state index < -0.39 is 12.1 Å². The minimum Gasteiger partial charge on any atom is -0.481 e. The lowest BCUT2D eigenvalue weighted by Gasteiger charge is -1.98. The number of aliphatic hydroxyl groups excluding tert-OH is 1. The Morgan fingerprint density at radius 2 is 1.61 bits per heavy atom. The fraction of sp³-hybridized carbons (Fsp3) is 0.450. The molecule has 23 heavy (non-hydrogen) atoms. The Hall–Kier alpha value is -1.87. The van der Waals surface area contributed by atoms with Crippen LogP contribution in [0, 0.1) is 0 Å². The Bertz CT molecular complexity index is 428. The van der Waals surface area contributed by atoms with Gasteiger partial charge < -0.3 is 10.2 Å². The maximum atomic E-state index is 10.3. The van der Waals surface area contributed by atoms with Crippen molar-refractivity contribution in [1.29, 1.82) is 0 Å². The number of carbonyl (C=O) groups is 1. The first-order chi connectivity index (χ1) is 11.2. The van der Waals surface area contributed by atoms with Gasteiger partial charge in [0.05, 0.1) is 6.10 Å². The second-order valence-corrected chi connectivity index (χ2v) is 5.20. The lowest BCUT2D eigenvalue weighted by atomic mass is 10.2. The average molecular weight is 318 g/mol. The molecule has 2 N–H and O–H groups in total. The largest absolute Gasteiger partial charge is 0.481 e. The molecular weight excluding hydrogens is 288 g/mol. The zero-order valence-corrected chi connectivity index (χ0v) is 14.1. The van der Waals surface area contributed by atoms with E-state index in [4.69, 9.17) is 5.11 Å². The molecule has 0 aromatic heterocycles. The van der Waals surface area contributed by atoms with Crippen LogP contribution in [0.25, 0.3) is 0 Å².